The van der Waals surface area contributed by atoms with Crippen molar-refractivity contribution in [2.45, 2.75) is 6.10 Å². The Bertz CT molecular complexity index is 889. The van der Waals surface area contributed by atoms with Crippen LogP contribution in [0.1, 0.15) is 10.4 Å². The molecular weight excluding hydrogens is 326 g/mol. The highest BCUT2D eigenvalue weighted by Crippen LogP contribution is 2.25. The number of carbonyl (C=O) groups is 1. The molecule has 0 radical (unpaired) electrons. The number of hydrogen-bond donors (Lipinski definition) is 0. The molecule has 0 unspecified atom stereocenters. The zero-order valence-corrected chi connectivity index (χ0v) is 14.5. The molecule has 4 nitrogen and oxygen atoms in total. The Morgan fingerprint density at radius 2 is 1.77 bits per heavy atom. The number of nitrogens with zero attached hydrogens (tertiary/aromatic N) is 1. The smallest absolute Gasteiger partial charge is 0.254 e. The first-order chi connectivity index (χ1) is 12.8. The fourth-order valence-corrected chi connectivity index (χ4v) is 3.27. The van der Waals surface area contributed by atoms with E-state index in [1.54, 1.807) is 0 Å². The van der Waals surface area contributed by atoms with Crippen LogP contribution in [0.5, 0.6) is 5.75 Å². The average Bonchev–Trinajstić information content (AvgIpc) is 2.72. The number of rotatable bonds is 4. The predicted octanol–water partition coefficient (Wildman–Crippen LogP) is 3.76. The van der Waals surface area contributed by atoms with E-state index < -0.39 is 0 Å². The quantitative estimate of drug-likeness (QED) is 0.721. The van der Waals surface area contributed by atoms with E-state index in [0.29, 0.717) is 31.9 Å². The third-order valence-electron chi connectivity index (χ3n) is 4.62. The summed E-state index contributed by atoms with van der Waals surface area (Å²) in [6.07, 6.45) is -0.129. The van der Waals surface area contributed by atoms with Gasteiger partial charge in [0.05, 0.1) is 13.2 Å². The van der Waals surface area contributed by atoms with Gasteiger partial charge in [-0.15, -0.1) is 0 Å². The van der Waals surface area contributed by atoms with Crippen LogP contribution >= 0.6 is 0 Å². The lowest BCUT2D eigenvalue weighted by molar-refractivity contribution is -0.0399. The van der Waals surface area contributed by atoms with E-state index in [0.717, 1.165) is 16.5 Å². The summed E-state index contributed by atoms with van der Waals surface area (Å²) < 4.78 is 11.8. The van der Waals surface area contributed by atoms with Gasteiger partial charge in [0.2, 0.25) is 0 Å². The minimum absolute atomic E-state index is 0.0454. The van der Waals surface area contributed by atoms with Gasteiger partial charge in [0.15, 0.2) is 0 Å². The van der Waals surface area contributed by atoms with Gasteiger partial charge in [-0.3, -0.25) is 4.79 Å². The van der Waals surface area contributed by atoms with Crippen LogP contribution in [-0.2, 0) is 4.74 Å². The van der Waals surface area contributed by atoms with Gasteiger partial charge in [0.1, 0.15) is 18.5 Å². The summed E-state index contributed by atoms with van der Waals surface area (Å²) in [4.78, 5) is 14.5. The van der Waals surface area contributed by atoms with Crippen molar-refractivity contribution < 1.29 is 14.3 Å². The zero-order valence-electron chi connectivity index (χ0n) is 14.5. The minimum Gasteiger partial charge on any atom is -0.490 e. The van der Waals surface area contributed by atoms with E-state index in [2.05, 4.69) is 18.2 Å². The Kier molecular flexibility index (Phi) is 4.84. The van der Waals surface area contributed by atoms with Crippen molar-refractivity contribution in [3.05, 3.63) is 78.4 Å². The summed E-state index contributed by atoms with van der Waals surface area (Å²) in [5, 5.41) is 2.23. The van der Waals surface area contributed by atoms with Gasteiger partial charge in [0.25, 0.3) is 5.91 Å². The van der Waals surface area contributed by atoms with E-state index in [1.807, 2.05) is 59.5 Å². The van der Waals surface area contributed by atoms with E-state index in [4.69, 9.17) is 9.47 Å². The average molecular weight is 347 g/mol. The molecule has 132 valence electrons. The molecule has 26 heavy (non-hydrogen) atoms. The monoisotopic (exact) mass is 347 g/mol. The van der Waals surface area contributed by atoms with E-state index in [1.165, 1.54) is 0 Å². The fraction of sp³-hybridized carbons (Fsp3) is 0.227. The van der Waals surface area contributed by atoms with Crippen LogP contribution in [0, 0.1) is 0 Å². The lowest BCUT2D eigenvalue weighted by Gasteiger charge is -2.33. The molecule has 1 aliphatic rings. The maximum Gasteiger partial charge on any atom is 0.254 e. The van der Waals surface area contributed by atoms with Crippen LogP contribution in [-0.4, -0.2) is 43.2 Å². The first-order valence-electron chi connectivity index (χ1n) is 8.88. The topological polar surface area (TPSA) is 38.8 Å². The summed E-state index contributed by atoms with van der Waals surface area (Å²) in [5.74, 6) is 0.891. The first kappa shape index (κ1) is 16.6. The van der Waals surface area contributed by atoms with Gasteiger partial charge in [-0.05, 0) is 23.6 Å². The number of carbonyl (C=O) groups excluding carboxylic acids is 1. The largest absolute Gasteiger partial charge is 0.490 e. The van der Waals surface area contributed by atoms with Crippen LogP contribution in [0.25, 0.3) is 10.8 Å². The second-order valence-electron chi connectivity index (χ2n) is 6.40. The summed E-state index contributed by atoms with van der Waals surface area (Å²) >= 11 is 0. The number of benzene rings is 3. The number of ether oxygens (including phenoxy) is 2. The molecular formula is C22H21NO3. The highest BCUT2D eigenvalue weighted by molar-refractivity contribution is 5.94. The molecule has 4 heteroatoms. The fourth-order valence-electron chi connectivity index (χ4n) is 3.27. The van der Waals surface area contributed by atoms with Gasteiger partial charge < -0.3 is 14.4 Å². The van der Waals surface area contributed by atoms with Gasteiger partial charge >= 0.3 is 0 Å². The summed E-state index contributed by atoms with van der Waals surface area (Å²) in [6, 6.07) is 23.6. The SMILES string of the molecule is O=C(c1ccccc1)N1CCO[C@H](COc2cccc3ccccc23)C1. The van der Waals surface area contributed by atoms with Crippen LogP contribution in [0.15, 0.2) is 72.8 Å². The minimum atomic E-state index is -0.129. The van der Waals surface area contributed by atoms with Crippen molar-refractivity contribution in [2.24, 2.45) is 0 Å². The number of hydrogen-bond acceptors (Lipinski definition) is 3. The van der Waals surface area contributed by atoms with E-state index in [9.17, 15) is 4.79 Å². The molecule has 0 spiro atoms. The third-order valence-corrected chi connectivity index (χ3v) is 4.62. The van der Waals surface area contributed by atoms with Gasteiger partial charge in [0, 0.05) is 17.5 Å². The molecule has 0 aromatic heterocycles. The zero-order chi connectivity index (χ0) is 17.8. The lowest BCUT2D eigenvalue weighted by Crippen LogP contribution is -2.47. The Labute approximate surface area is 153 Å². The summed E-state index contributed by atoms with van der Waals surface area (Å²) in [5.41, 5.74) is 0.711. The van der Waals surface area contributed by atoms with Crippen molar-refractivity contribution in [1.82, 2.24) is 4.90 Å². The Hall–Kier alpha value is -2.85. The van der Waals surface area contributed by atoms with E-state index in [-0.39, 0.29) is 12.0 Å². The molecule has 0 bridgehead atoms. The normalized spacial score (nSPS) is 17.2. The van der Waals surface area contributed by atoms with Crippen LogP contribution < -0.4 is 4.74 Å². The third kappa shape index (κ3) is 3.55. The molecule has 3 aromatic carbocycles. The Balaban J connectivity index is 1.41. The predicted molar refractivity (Wildman–Crippen MR) is 102 cm³/mol. The Morgan fingerprint density at radius 1 is 1.00 bits per heavy atom. The summed E-state index contributed by atoms with van der Waals surface area (Å²) in [7, 11) is 0. The molecule has 0 N–H and O–H groups in total. The summed E-state index contributed by atoms with van der Waals surface area (Å²) in [6.45, 7) is 2.10. The Morgan fingerprint density at radius 3 is 2.65 bits per heavy atom. The number of fused-ring (bicyclic) bond motifs is 1. The molecule has 1 fully saturated rings. The molecule has 0 saturated carbocycles. The molecule has 4 rings (SSSR count). The van der Waals surface area contributed by atoms with Crippen molar-refractivity contribution in [3.63, 3.8) is 0 Å². The van der Waals surface area contributed by atoms with Crippen molar-refractivity contribution in [3.8, 4) is 5.75 Å². The van der Waals surface area contributed by atoms with Crippen molar-refractivity contribution in [1.29, 1.82) is 0 Å². The van der Waals surface area contributed by atoms with Gasteiger partial charge in [-0.2, -0.15) is 0 Å². The highest BCUT2D eigenvalue weighted by atomic mass is 16.5. The number of amides is 1. The molecule has 3 aromatic rings. The van der Waals surface area contributed by atoms with E-state index >= 15 is 0 Å². The second-order valence-corrected chi connectivity index (χ2v) is 6.40. The van der Waals surface area contributed by atoms with Crippen LogP contribution in [0.2, 0.25) is 0 Å². The molecule has 0 aliphatic carbocycles. The molecule has 1 heterocycles. The molecule has 1 saturated heterocycles. The number of morpholine rings is 1. The maximum absolute atomic E-state index is 12.6. The van der Waals surface area contributed by atoms with Crippen molar-refractivity contribution >= 4 is 16.7 Å². The maximum atomic E-state index is 12.6. The van der Waals surface area contributed by atoms with Gasteiger partial charge in [-0.1, -0.05) is 54.6 Å². The molecule has 1 amide bonds. The standard InChI is InChI=1S/C22H21NO3/c24-22(18-8-2-1-3-9-18)23-13-14-25-19(15-23)16-26-21-12-6-10-17-7-4-5-11-20(17)21/h1-12,19H,13-16H2/t19-/m0/s1. The molecule has 1 aliphatic heterocycles. The lowest BCUT2D eigenvalue weighted by atomic mass is 10.1. The second kappa shape index (κ2) is 7.58. The first-order valence-corrected chi connectivity index (χ1v) is 8.88. The molecule has 1 atom stereocenters. The van der Waals surface area contributed by atoms with Crippen molar-refractivity contribution in [2.75, 3.05) is 26.3 Å². The van der Waals surface area contributed by atoms with Gasteiger partial charge in [-0.25, -0.2) is 0 Å². The van der Waals surface area contributed by atoms with Crippen LogP contribution in [0.3, 0.4) is 0 Å². The van der Waals surface area contributed by atoms with Crippen LogP contribution in [0.4, 0.5) is 0 Å². The highest BCUT2D eigenvalue weighted by Gasteiger charge is 2.25.